The Balaban J connectivity index is 2.17. The molecule has 0 radical (unpaired) electrons. The normalized spacial score (nSPS) is 15.6. The molecule has 1 aliphatic heterocycles. The molecule has 1 aromatic carbocycles. The van der Waals surface area contributed by atoms with Gasteiger partial charge >= 0.3 is 0 Å². The summed E-state index contributed by atoms with van der Waals surface area (Å²) in [6, 6.07) is 3.81. The SMILES string of the molecule is CCCCCCOc1c(Br)cc(/C=C2/SC(=S)NC2=O)cc1OCC. The van der Waals surface area contributed by atoms with E-state index in [0.29, 0.717) is 33.9 Å². The van der Waals surface area contributed by atoms with E-state index in [1.807, 2.05) is 19.1 Å². The number of thioether (sulfide) groups is 1. The lowest BCUT2D eigenvalue weighted by Crippen LogP contribution is -2.17. The van der Waals surface area contributed by atoms with Gasteiger partial charge in [0.1, 0.15) is 4.32 Å². The van der Waals surface area contributed by atoms with Crippen LogP contribution in [0.15, 0.2) is 21.5 Å². The van der Waals surface area contributed by atoms with Crippen LogP contribution in [0.1, 0.15) is 45.1 Å². The molecule has 0 aliphatic carbocycles. The van der Waals surface area contributed by atoms with E-state index < -0.39 is 0 Å². The summed E-state index contributed by atoms with van der Waals surface area (Å²) in [6.07, 6.45) is 6.40. The van der Waals surface area contributed by atoms with Crippen molar-refractivity contribution in [2.45, 2.75) is 39.5 Å². The number of rotatable bonds is 9. The molecule has 1 amide bonds. The summed E-state index contributed by atoms with van der Waals surface area (Å²) in [5.74, 6) is 1.21. The van der Waals surface area contributed by atoms with Gasteiger partial charge in [-0.1, -0.05) is 50.2 Å². The van der Waals surface area contributed by atoms with Crippen LogP contribution in [0.3, 0.4) is 0 Å². The quantitative estimate of drug-likeness (QED) is 0.318. The smallest absolute Gasteiger partial charge is 0.263 e. The van der Waals surface area contributed by atoms with E-state index in [9.17, 15) is 4.79 Å². The molecular formula is C18H22BrNO3S2. The predicted molar refractivity (Wildman–Crippen MR) is 111 cm³/mol. The number of carbonyl (C=O) groups is 1. The van der Waals surface area contributed by atoms with Crippen LogP contribution in [0.25, 0.3) is 6.08 Å². The number of nitrogens with one attached hydrogen (secondary N) is 1. The van der Waals surface area contributed by atoms with Crippen LogP contribution < -0.4 is 14.8 Å². The molecule has 0 unspecified atom stereocenters. The van der Waals surface area contributed by atoms with Crippen molar-refractivity contribution >= 4 is 56.2 Å². The molecule has 1 fully saturated rings. The summed E-state index contributed by atoms with van der Waals surface area (Å²) in [5.41, 5.74) is 0.857. The van der Waals surface area contributed by atoms with Crippen molar-refractivity contribution in [1.29, 1.82) is 0 Å². The zero-order valence-electron chi connectivity index (χ0n) is 14.4. The molecule has 1 N–H and O–H groups in total. The van der Waals surface area contributed by atoms with Crippen LogP contribution in [0.4, 0.5) is 0 Å². The molecule has 2 rings (SSSR count). The van der Waals surface area contributed by atoms with Crippen molar-refractivity contribution < 1.29 is 14.3 Å². The van der Waals surface area contributed by atoms with Crippen LogP contribution in [0.5, 0.6) is 11.5 Å². The molecule has 1 saturated heterocycles. The first-order valence-corrected chi connectivity index (χ1v) is 10.4. The molecule has 136 valence electrons. The zero-order chi connectivity index (χ0) is 18.2. The molecule has 1 heterocycles. The van der Waals surface area contributed by atoms with Crippen molar-refractivity contribution in [3.63, 3.8) is 0 Å². The maximum atomic E-state index is 11.8. The summed E-state index contributed by atoms with van der Waals surface area (Å²) in [5, 5.41) is 2.62. The van der Waals surface area contributed by atoms with E-state index in [4.69, 9.17) is 21.7 Å². The number of ether oxygens (including phenoxy) is 2. The Morgan fingerprint density at radius 1 is 1.24 bits per heavy atom. The van der Waals surface area contributed by atoms with E-state index >= 15 is 0 Å². The number of hydrogen-bond acceptors (Lipinski definition) is 5. The first-order valence-electron chi connectivity index (χ1n) is 8.39. The molecule has 4 nitrogen and oxygen atoms in total. The van der Waals surface area contributed by atoms with E-state index in [1.54, 1.807) is 6.08 Å². The Kier molecular flexibility index (Phi) is 8.26. The van der Waals surface area contributed by atoms with E-state index in [2.05, 4.69) is 28.2 Å². The lowest BCUT2D eigenvalue weighted by atomic mass is 10.1. The summed E-state index contributed by atoms with van der Waals surface area (Å²) in [4.78, 5) is 12.4. The Hall–Kier alpha value is -1.05. The highest BCUT2D eigenvalue weighted by Gasteiger charge is 2.22. The number of benzene rings is 1. The van der Waals surface area contributed by atoms with Crippen molar-refractivity contribution in [1.82, 2.24) is 5.32 Å². The molecule has 7 heteroatoms. The molecular weight excluding hydrogens is 422 g/mol. The van der Waals surface area contributed by atoms with Gasteiger partial charge in [-0.15, -0.1) is 0 Å². The van der Waals surface area contributed by atoms with Crippen molar-refractivity contribution in [3.05, 3.63) is 27.1 Å². The molecule has 0 spiro atoms. The molecule has 1 aromatic rings. The number of thiocarbonyl (C=S) groups is 1. The second-order valence-corrected chi connectivity index (χ2v) is 8.10. The van der Waals surface area contributed by atoms with Crippen LogP contribution >= 0.6 is 39.9 Å². The molecule has 1 aliphatic rings. The van der Waals surface area contributed by atoms with Gasteiger partial charge in [0.05, 0.1) is 22.6 Å². The van der Waals surface area contributed by atoms with Crippen molar-refractivity contribution in [2.24, 2.45) is 0 Å². The molecule has 0 atom stereocenters. The number of hydrogen-bond donors (Lipinski definition) is 1. The zero-order valence-corrected chi connectivity index (χ0v) is 17.6. The Bertz CT molecular complexity index is 677. The van der Waals surface area contributed by atoms with Gasteiger partial charge in [-0.3, -0.25) is 4.79 Å². The summed E-state index contributed by atoms with van der Waals surface area (Å²) in [6.45, 7) is 5.32. The van der Waals surface area contributed by atoms with Gasteiger partial charge in [-0.25, -0.2) is 0 Å². The standard InChI is InChI=1S/C18H22BrNO3S2/c1-3-5-6-7-8-23-16-13(19)9-12(10-14(16)22-4-2)11-15-17(21)20-18(24)25-15/h9-11H,3-8H2,1-2H3,(H,20,21,24)/b15-11+. The minimum absolute atomic E-state index is 0.166. The van der Waals surface area contributed by atoms with Crippen LogP contribution in [0, 0.1) is 0 Å². The van der Waals surface area contributed by atoms with Crippen LogP contribution in [-0.2, 0) is 4.79 Å². The molecule has 25 heavy (non-hydrogen) atoms. The monoisotopic (exact) mass is 443 g/mol. The molecule has 0 bridgehead atoms. The molecule has 0 saturated carbocycles. The second kappa shape index (κ2) is 10.2. The minimum Gasteiger partial charge on any atom is -0.490 e. The predicted octanol–water partition coefficient (Wildman–Crippen LogP) is 5.30. The number of carbonyl (C=O) groups excluding carboxylic acids is 1. The Morgan fingerprint density at radius 3 is 2.68 bits per heavy atom. The van der Waals surface area contributed by atoms with Gasteiger partial charge in [0.15, 0.2) is 11.5 Å². The highest BCUT2D eigenvalue weighted by atomic mass is 79.9. The first-order chi connectivity index (χ1) is 12.0. The van der Waals surface area contributed by atoms with E-state index in [0.717, 1.165) is 22.9 Å². The fraction of sp³-hybridized carbons (Fsp3) is 0.444. The number of amides is 1. The van der Waals surface area contributed by atoms with Gasteiger partial charge in [-0.05, 0) is 53.0 Å². The topological polar surface area (TPSA) is 47.6 Å². The van der Waals surface area contributed by atoms with Crippen LogP contribution in [0.2, 0.25) is 0 Å². The van der Waals surface area contributed by atoms with Crippen LogP contribution in [-0.4, -0.2) is 23.4 Å². The van der Waals surface area contributed by atoms with E-state index in [1.165, 1.54) is 24.6 Å². The van der Waals surface area contributed by atoms with E-state index in [-0.39, 0.29) is 5.91 Å². The average molecular weight is 444 g/mol. The van der Waals surface area contributed by atoms with Gasteiger partial charge in [-0.2, -0.15) is 0 Å². The summed E-state index contributed by atoms with van der Waals surface area (Å²) in [7, 11) is 0. The minimum atomic E-state index is -0.166. The van der Waals surface area contributed by atoms with Gasteiger partial charge < -0.3 is 14.8 Å². The highest BCUT2D eigenvalue weighted by molar-refractivity contribution is 9.10. The highest BCUT2D eigenvalue weighted by Crippen LogP contribution is 2.38. The van der Waals surface area contributed by atoms with Gasteiger partial charge in [0, 0.05) is 0 Å². The third-order valence-corrected chi connectivity index (χ3v) is 5.27. The largest absolute Gasteiger partial charge is 0.490 e. The second-order valence-electron chi connectivity index (χ2n) is 5.52. The third kappa shape index (κ3) is 6.01. The maximum absolute atomic E-state index is 11.8. The fourth-order valence-electron chi connectivity index (χ4n) is 2.35. The average Bonchev–Trinajstić information content (AvgIpc) is 2.87. The number of halogens is 1. The lowest BCUT2D eigenvalue weighted by molar-refractivity contribution is -0.115. The van der Waals surface area contributed by atoms with Gasteiger partial charge in [0.2, 0.25) is 0 Å². The van der Waals surface area contributed by atoms with Crippen molar-refractivity contribution in [3.8, 4) is 11.5 Å². The Morgan fingerprint density at radius 2 is 2.04 bits per heavy atom. The first kappa shape index (κ1) is 20.3. The number of unbranched alkanes of at least 4 members (excludes halogenated alkanes) is 3. The lowest BCUT2D eigenvalue weighted by Gasteiger charge is -2.15. The Labute approximate surface area is 166 Å². The summed E-state index contributed by atoms with van der Waals surface area (Å²) < 4.78 is 13.0. The molecule has 0 aromatic heterocycles. The fourth-order valence-corrected chi connectivity index (χ4v) is 3.97. The summed E-state index contributed by atoms with van der Waals surface area (Å²) >= 11 is 9.84. The van der Waals surface area contributed by atoms with Gasteiger partial charge in [0.25, 0.3) is 5.91 Å². The maximum Gasteiger partial charge on any atom is 0.263 e. The third-order valence-electron chi connectivity index (χ3n) is 3.52. The van der Waals surface area contributed by atoms with Crippen molar-refractivity contribution in [2.75, 3.05) is 13.2 Å².